The number of anilines is 1. The minimum absolute atomic E-state index is 0.113. The van der Waals surface area contributed by atoms with Gasteiger partial charge in [0.2, 0.25) is 5.95 Å². The van der Waals surface area contributed by atoms with Crippen LogP contribution in [0.4, 0.5) is 5.95 Å². The Balaban J connectivity index is 1.70. The molecule has 31 heavy (non-hydrogen) atoms. The molecule has 0 radical (unpaired) electrons. The summed E-state index contributed by atoms with van der Waals surface area (Å²) in [5.41, 5.74) is 5.62. The lowest BCUT2D eigenvalue weighted by molar-refractivity contribution is -0.137. The van der Waals surface area contributed by atoms with E-state index in [0.717, 1.165) is 0 Å². The largest absolute Gasteiger partial charge is 0.492 e. The number of carboxylic acids is 1. The molecule has 11 heteroatoms. The second kappa shape index (κ2) is 10.2. The average molecular weight is 426 g/mol. The van der Waals surface area contributed by atoms with Gasteiger partial charge in [-0.05, 0) is 37.2 Å². The summed E-state index contributed by atoms with van der Waals surface area (Å²) in [7, 11) is 0. The van der Waals surface area contributed by atoms with Crippen molar-refractivity contribution in [3.63, 3.8) is 0 Å². The lowest BCUT2D eigenvalue weighted by Crippen LogP contribution is -2.42. The van der Waals surface area contributed by atoms with E-state index in [9.17, 15) is 19.5 Å². The first-order valence-corrected chi connectivity index (χ1v) is 9.52. The predicted octanol–water partition coefficient (Wildman–Crippen LogP) is 0.112. The summed E-state index contributed by atoms with van der Waals surface area (Å²) in [6.45, 7) is 0.701. The Morgan fingerprint density at radius 2 is 2.00 bits per heavy atom. The van der Waals surface area contributed by atoms with Gasteiger partial charge in [0.1, 0.15) is 11.8 Å². The van der Waals surface area contributed by atoms with E-state index in [1.807, 2.05) is 0 Å². The highest BCUT2D eigenvalue weighted by atomic mass is 16.5. The standard InChI is InChI=1S/C20H22N6O5/c21-5-1-8-31-15-4-3-14-9-13(10-17(27)26(14)12-15)18(28)24-11-16(19(29)30)25-20-22-6-2-7-23-20/h2-4,6-7,9-10,12,16H,1,5,8,11,21H2,(H,24,28)(H,29,30)(H,22,23,25)/t16-/m0/s1. The number of rotatable bonds is 10. The molecule has 3 aromatic heterocycles. The molecule has 3 heterocycles. The maximum absolute atomic E-state index is 12.5. The molecule has 0 aliphatic heterocycles. The van der Waals surface area contributed by atoms with Crippen LogP contribution in [0.15, 0.2) is 53.7 Å². The number of amides is 1. The molecule has 0 saturated carbocycles. The van der Waals surface area contributed by atoms with Crippen LogP contribution in [0.2, 0.25) is 0 Å². The van der Waals surface area contributed by atoms with Crippen molar-refractivity contribution in [1.29, 1.82) is 0 Å². The molecule has 3 aromatic rings. The van der Waals surface area contributed by atoms with E-state index < -0.39 is 23.5 Å². The van der Waals surface area contributed by atoms with Crippen LogP contribution in [-0.2, 0) is 4.79 Å². The molecule has 162 valence electrons. The summed E-state index contributed by atoms with van der Waals surface area (Å²) in [5.74, 6) is -1.13. The van der Waals surface area contributed by atoms with Crippen molar-refractivity contribution in [3.8, 4) is 5.75 Å². The lowest BCUT2D eigenvalue weighted by atomic mass is 10.2. The molecular weight excluding hydrogens is 404 g/mol. The fourth-order valence-corrected chi connectivity index (χ4v) is 2.72. The molecule has 0 bridgehead atoms. The number of carboxylic acid groups (broad SMARTS) is 1. The Bertz CT molecular complexity index is 1120. The first kappa shape index (κ1) is 21.7. The first-order valence-electron chi connectivity index (χ1n) is 9.52. The highest BCUT2D eigenvalue weighted by molar-refractivity contribution is 5.95. The molecule has 1 atom stereocenters. The molecule has 0 aromatic carbocycles. The minimum Gasteiger partial charge on any atom is -0.492 e. The Kier molecular flexibility index (Phi) is 7.12. The molecule has 1 amide bonds. The topological polar surface area (TPSA) is 161 Å². The highest BCUT2D eigenvalue weighted by Gasteiger charge is 2.20. The van der Waals surface area contributed by atoms with Gasteiger partial charge in [-0.3, -0.25) is 14.0 Å². The number of ether oxygens (including phenoxy) is 1. The lowest BCUT2D eigenvalue weighted by Gasteiger charge is -2.15. The summed E-state index contributed by atoms with van der Waals surface area (Å²) in [6, 6.07) is 6.50. The van der Waals surface area contributed by atoms with Crippen molar-refractivity contribution >= 4 is 23.3 Å². The van der Waals surface area contributed by atoms with Crippen LogP contribution in [0.5, 0.6) is 5.75 Å². The van der Waals surface area contributed by atoms with Crippen LogP contribution >= 0.6 is 0 Å². The van der Waals surface area contributed by atoms with Gasteiger partial charge in [0.05, 0.1) is 12.8 Å². The number of pyridine rings is 2. The number of carbonyl (C=O) groups excluding carboxylic acids is 1. The Morgan fingerprint density at radius 3 is 2.71 bits per heavy atom. The van der Waals surface area contributed by atoms with E-state index in [0.29, 0.717) is 30.8 Å². The second-order valence-corrected chi connectivity index (χ2v) is 6.55. The number of nitrogens with two attached hydrogens (primary N) is 1. The molecule has 5 N–H and O–H groups in total. The van der Waals surface area contributed by atoms with E-state index in [1.165, 1.54) is 28.9 Å². The number of hydrogen-bond donors (Lipinski definition) is 4. The van der Waals surface area contributed by atoms with Crippen LogP contribution in [-0.4, -0.2) is 57.1 Å². The number of aromatic nitrogens is 3. The molecule has 3 rings (SSSR count). The number of aliphatic carboxylic acids is 1. The van der Waals surface area contributed by atoms with Gasteiger partial charge in [-0.25, -0.2) is 14.8 Å². The van der Waals surface area contributed by atoms with Gasteiger partial charge in [0, 0.05) is 36.1 Å². The van der Waals surface area contributed by atoms with E-state index in [-0.39, 0.29) is 18.1 Å². The van der Waals surface area contributed by atoms with E-state index in [1.54, 1.807) is 24.4 Å². The number of hydrogen-bond acceptors (Lipinski definition) is 8. The summed E-state index contributed by atoms with van der Waals surface area (Å²) in [4.78, 5) is 44.2. The smallest absolute Gasteiger partial charge is 0.328 e. The van der Waals surface area contributed by atoms with E-state index in [4.69, 9.17) is 10.5 Å². The quantitative estimate of drug-likeness (QED) is 0.330. The van der Waals surface area contributed by atoms with Gasteiger partial charge in [-0.15, -0.1) is 0 Å². The van der Waals surface area contributed by atoms with Crippen LogP contribution in [0, 0.1) is 0 Å². The highest BCUT2D eigenvalue weighted by Crippen LogP contribution is 2.13. The van der Waals surface area contributed by atoms with Gasteiger partial charge in [0.25, 0.3) is 11.5 Å². The maximum Gasteiger partial charge on any atom is 0.328 e. The summed E-state index contributed by atoms with van der Waals surface area (Å²) >= 11 is 0. The third kappa shape index (κ3) is 5.76. The Hall–Kier alpha value is -3.99. The first-order chi connectivity index (χ1) is 15.0. The molecule has 0 saturated heterocycles. The van der Waals surface area contributed by atoms with E-state index >= 15 is 0 Å². The molecule has 0 spiro atoms. The minimum atomic E-state index is -1.19. The zero-order valence-corrected chi connectivity index (χ0v) is 16.5. The molecule has 0 aliphatic carbocycles. The maximum atomic E-state index is 12.5. The fourth-order valence-electron chi connectivity index (χ4n) is 2.72. The van der Waals surface area contributed by atoms with E-state index in [2.05, 4.69) is 20.6 Å². The molecule has 0 unspecified atom stereocenters. The fraction of sp³-hybridized carbons (Fsp3) is 0.250. The SMILES string of the molecule is NCCCOc1ccc2cc(C(=O)NC[C@H](Nc3ncccn3)C(=O)O)cc(=O)n2c1. The van der Waals surface area contributed by atoms with Crippen molar-refractivity contribution in [2.24, 2.45) is 5.73 Å². The van der Waals surface area contributed by atoms with Gasteiger partial charge in [-0.1, -0.05) is 0 Å². The summed E-state index contributed by atoms with van der Waals surface area (Å²) < 4.78 is 6.90. The van der Waals surface area contributed by atoms with Crippen LogP contribution in [0.3, 0.4) is 0 Å². The Labute approximate surface area is 176 Å². The van der Waals surface area contributed by atoms with Crippen molar-refractivity contribution in [2.45, 2.75) is 12.5 Å². The number of carbonyl (C=O) groups is 2. The van der Waals surface area contributed by atoms with Crippen molar-refractivity contribution in [1.82, 2.24) is 19.7 Å². The average Bonchev–Trinajstić information content (AvgIpc) is 2.77. The van der Waals surface area contributed by atoms with Crippen molar-refractivity contribution < 1.29 is 19.4 Å². The Morgan fingerprint density at radius 1 is 1.23 bits per heavy atom. The zero-order valence-electron chi connectivity index (χ0n) is 16.5. The predicted molar refractivity (Wildman–Crippen MR) is 112 cm³/mol. The normalized spacial score (nSPS) is 11.6. The van der Waals surface area contributed by atoms with Crippen LogP contribution in [0.25, 0.3) is 5.52 Å². The summed E-state index contributed by atoms with van der Waals surface area (Å²) in [5, 5.41) is 14.5. The molecular formula is C20H22N6O5. The number of fused-ring (bicyclic) bond motifs is 1. The van der Waals surface area contributed by atoms with Gasteiger partial charge in [0.15, 0.2) is 0 Å². The van der Waals surface area contributed by atoms with Crippen LogP contribution in [0.1, 0.15) is 16.8 Å². The molecule has 0 fully saturated rings. The zero-order chi connectivity index (χ0) is 22.2. The third-order valence-electron chi connectivity index (χ3n) is 4.29. The van der Waals surface area contributed by atoms with Gasteiger partial charge >= 0.3 is 5.97 Å². The molecule has 11 nitrogen and oxygen atoms in total. The number of nitrogens with zero attached hydrogens (tertiary/aromatic N) is 3. The number of nitrogens with one attached hydrogen (secondary N) is 2. The van der Waals surface area contributed by atoms with Gasteiger partial charge in [-0.2, -0.15) is 0 Å². The van der Waals surface area contributed by atoms with Gasteiger partial charge < -0.3 is 26.2 Å². The monoisotopic (exact) mass is 426 g/mol. The summed E-state index contributed by atoms with van der Waals surface area (Å²) in [6.07, 6.45) is 5.16. The van der Waals surface area contributed by atoms with Crippen molar-refractivity contribution in [3.05, 3.63) is 64.8 Å². The molecule has 0 aliphatic rings. The third-order valence-corrected chi connectivity index (χ3v) is 4.29. The van der Waals surface area contributed by atoms with Crippen LogP contribution < -0.4 is 26.7 Å². The van der Waals surface area contributed by atoms with Crippen molar-refractivity contribution in [2.75, 3.05) is 25.0 Å². The second-order valence-electron chi connectivity index (χ2n) is 6.55.